The number of thiazole rings is 1. The predicted octanol–water partition coefficient (Wildman–Crippen LogP) is 2.61. The summed E-state index contributed by atoms with van der Waals surface area (Å²) in [7, 11) is 0. The van der Waals surface area contributed by atoms with Gasteiger partial charge in [0.15, 0.2) is 4.96 Å². The number of nitrogens with zero attached hydrogens (tertiary/aromatic N) is 2. The second-order valence-electron chi connectivity index (χ2n) is 4.58. The molecule has 0 spiro atoms. The molecule has 0 saturated carbocycles. The smallest absolute Gasteiger partial charge is 0.194 e. The zero-order valence-electron chi connectivity index (χ0n) is 10.2. The molecule has 3 heterocycles. The van der Waals surface area contributed by atoms with Crippen molar-refractivity contribution in [3.63, 3.8) is 0 Å². The van der Waals surface area contributed by atoms with E-state index in [1.807, 2.05) is 11.8 Å². The first-order valence-corrected chi connectivity index (χ1v) is 8.02. The Labute approximate surface area is 110 Å². The molecular formula is C12H17N3S2. The van der Waals surface area contributed by atoms with E-state index in [4.69, 9.17) is 0 Å². The van der Waals surface area contributed by atoms with E-state index in [0.717, 1.165) is 17.2 Å². The molecule has 3 nitrogen and oxygen atoms in total. The number of thioether (sulfide) groups is 1. The molecule has 3 rings (SSSR count). The highest BCUT2D eigenvalue weighted by Crippen LogP contribution is 2.22. The summed E-state index contributed by atoms with van der Waals surface area (Å²) in [5.74, 6) is 2.56. The van der Waals surface area contributed by atoms with Crippen molar-refractivity contribution in [1.29, 1.82) is 0 Å². The van der Waals surface area contributed by atoms with Gasteiger partial charge < -0.3 is 5.32 Å². The van der Waals surface area contributed by atoms with Crippen LogP contribution in [-0.4, -0.2) is 26.9 Å². The SMILES string of the molecule is Cc1nc2scc(C)n2c1CNC1CCSC1. The number of imidazole rings is 1. The predicted molar refractivity (Wildman–Crippen MR) is 75.1 cm³/mol. The van der Waals surface area contributed by atoms with Crippen molar-refractivity contribution in [2.45, 2.75) is 32.9 Å². The first kappa shape index (κ1) is 11.6. The second kappa shape index (κ2) is 4.63. The number of hydrogen-bond donors (Lipinski definition) is 1. The fraction of sp³-hybridized carbons (Fsp3) is 0.583. The maximum Gasteiger partial charge on any atom is 0.194 e. The number of fused-ring (bicyclic) bond motifs is 1. The van der Waals surface area contributed by atoms with Crippen molar-refractivity contribution in [3.05, 3.63) is 22.5 Å². The molecule has 1 N–H and O–H groups in total. The summed E-state index contributed by atoms with van der Waals surface area (Å²) in [4.78, 5) is 5.74. The van der Waals surface area contributed by atoms with E-state index < -0.39 is 0 Å². The van der Waals surface area contributed by atoms with Crippen LogP contribution in [-0.2, 0) is 6.54 Å². The molecule has 0 aromatic carbocycles. The van der Waals surface area contributed by atoms with E-state index in [9.17, 15) is 0 Å². The normalized spacial score (nSPS) is 20.5. The van der Waals surface area contributed by atoms with Gasteiger partial charge in [-0.25, -0.2) is 4.98 Å². The highest BCUT2D eigenvalue weighted by Gasteiger charge is 2.17. The molecule has 0 amide bonds. The number of hydrogen-bond acceptors (Lipinski definition) is 4. The Bertz CT molecular complexity index is 523. The van der Waals surface area contributed by atoms with Gasteiger partial charge in [0.1, 0.15) is 0 Å². The van der Waals surface area contributed by atoms with Gasteiger partial charge in [-0.2, -0.15) is 11.8 Å². The van der Waals surface area contributed by atoms with E-state index >= 15 is 0 Å². The van der Waals surface area contributed by atoms with E-state index in [1.54, 1.807) is 11.3 Å². The monoisotopic (exact) mass is 267 g/mol. The Balaban J connectivity index is 1.83. The van der Waals surface area contributed by atoms with Crippen LogP contribution in [0.5, 0.6) is 0 Å². The van der Waals surface area contributed by atoms with Gasteiger partial charge in [0, 0.05) is 29.4 Å². The van der Waals surface area contributed by atoms with Gasteiger partial charge in [0.2, 0.25) is 0 Å². The fourth-order valence-corrected chi connectivity index (χ4v) is 4.43. The summed E-state index contributed by atoms with van der Waals surface area (Å²) < 4.78 is 2.29. The highest BCUT2D eigenvalue weighted by molar-refractivity contribution is 7.99. The van der Waals surface area contributed by atoms with Crippen molar-refractivity contribution in [2.75, 3.05) is 11.5 Å². The summed E-state index contributed by atoms with van der Waals surface area (Å²) in [6.45, 7) is 5.20. The zero-order chi connectivity index (χ0) is 11.8. The van der Waals surface area contributed by atoms with Gasteiger partial charge >= 0.3 is 0 Å². The van der Waals surface area contributed by atoms with Crippen LogP contribution in [0, 0.1) is 13.8 Å². The number of aromatic nitrogens is 2. The average molecular weight is 267 g/mol. The van der Waals surface area contributed by atoms with Gasteiger partial charge in [-0.3, -0.25) is 4.40 Å². The molecule has 1 aliphatic rings. The maximum absolute atomic E-state index is 4.62. The Hall–Kier alpha value is -0.520. The van der Waals surface area contributed by atoms with Crippen molar-refractivity contribution in [2.24, 2.45) is 0 Å². The van der Waals surface area contributed by atoms with Crippen molar-refractivity contribution in [1.82, 2.24) is 14.7 Å². The lowest BCUT2D eigenvalue weighted by Gasteiger charge is -2.11. The molecule has 1 fully saturated rings. The molecule has 92 valence electrons. The lowest BCUT2D eigenvalue weighted by Crippen LogP contribution is -2.28. The van der Waals surface area contributed by atoms with Crippen LogP contribution < -0.4 is 5.32 Å². The van der Waals surface area contributed by atoms with Crippen LogP contribution in [0.15, 0.2) is 5.38 Å². The van der Waals surface area contributed by atoms with Gasteiger partial charge in [-0.15, -0.1) is 11.3 Å². The Kier molecular flexibility index (Phi) is 3.15. The standard InChI is InChI=1S/C12H17N3S2/c1-8-6-17-12-14-9(2)11(15(8)12)5-13-10-3-4-16-7-10/h6,10,13H,3-5,7H2,1-2H3. The van der Waals surface area contributed by atoms with E-state index in [2.05, 4.69) is 33.9 Å². The third-order valence-electron chi connectivity index (χ3n) is 3.32. The minimum Gasteiger partial charge on any atom is -0.308 e. The van der Waals surface area contributed by atoms with Crippen LogP contribution >= 0.6 is 23.1 Å². The molecule has 1 unspecified atom stereocenters. The minimum absolute atomic E-state index is 0.684. The van der Waals surface area contributed by atoms with Gasteiger partial charge in [-0.05, 0) is 26.0 Å². The summed E-state index contributed by atoms with van der Waals surface area (Å²) in [6, 6.07) is 0.684. The number of nitrogens with one attached hydrogen (secondary N) is 1. The van der Waals surface area contributed by atoms with Crippen LogP contribution in [0.4, 0.5) is 0 Å². The molecule has 1 aliphatic heterocycles. The Morgan fingerprint density at radius 2 is 2.41 bits per heavy atom. The third kappa shape index (κ3) is 2.11. The third-order valence-corrected chi connectivity index (χ3v) is 5.42. The first-order valence-electron chi connectivity index (χ1n) is 5.99. The van der Waals surface area contributed by atoms with Crippen LogP contribution in [0.25, 0.3) is 4.96 Å². The molecule has 1 atom stereocenters. The fourth-order valence-electron chi connectivity index (χ4n) is 2.31. The lowest BCUT2D eigenvalue weighted by atomic mass is 10.2. The number of rotatable bonds is 3. The Morgan fingerprint density at radius 3 is 3.18 bits per heavy atom. The van der Waals surface area contributed by atoms with Gasteiger partial charge in [0.25, 0.3) is 0 Å². The minimum atomic E-state index is 0.684. The highest BCUT2D eigenvalue weighted by atomic mass is 32.2. The molecular weight excluding hydrogens is 250 g/mol. The van der Waals surface area contributed by atoms with E-state index in [-0.39, 0.29) is 0 Å². The summed E-state index contributed by atoms with van der Waals surface area (Å²) in [5.41, 5.74) is 3.79. The lowest BCUT2D eigenvalue weighted by molar-refractivity contribution is 0.548. The van der Waals surface area contributed by atoms with Crippen LogP contribution in [0.1, 0.15) is 23.5 Å². The van der Waals surface area contributed by atoms with Crippen molar-refractivity contribution in [3.8, 4) is 0 Å². The topological polar surface area (TPSA) is 29.3 Å². The summed E-state index contributed by atoms with van der Waals surface area (Å²) in [6.07, 6.45) is 1.30. The van der Waals surface area contributed by atoms with E-state index in [1.165, 1.54) is 29.3 Å². The van der Waals surface area contributed by atoms with E-state index in [0.29, 0.717) is 6.04 Å². The van der Waals surface area contributed by atoms with Crippen LogP contribution in [0.2, 0.25) is 0 Å². The largest absolute Gasteiger partial charge is 0.308 e. The van der Waals surface area contributed by atoms with Gasteiger partial charge in [0.05, 0.1) is 11.4 Å². The molecule has 0 bridgehead atoms. The zero-order valence-corrected chi connectivity index (χ0v) is 11.8. The Morgan fingerprint density at radius 1 is 1.53 bits per heavy atom. The molecule has 5 heteroatoms. The van der Waals surface area contributed by atoms with Crippen molar-refractivity contribution < 1.29 is 0 Å². The second-order valence-corrected chi connectivity index (χ2v) is 6.57. The van der Waals surface area contributed by atoms with Crippen LogP contribution in [0.3, 0.4) is 0 Å². The molecule has 2 aromatic heterocycles. The maximum atomic E-state index is 4.62. The summed E-state index contributed by atoms with van der Waals surface area (Å²) in [5, 5.41) is 5.83. The summed E-state index contributed by atoms with van der Waals surface area (Å²) >= 11 is 3.78. The quantitative estimate of drug-likeness (QED) is 0.927. The molecule has 0 aliphatic carbocycles. The van der Waals surface area contributed by atoms with Gasteiger partial charge in [-0.1, -0.05) is 0 Å². The average Bonchev–Trinajstić information content (AvgIpc) is 2.97. The number of aryl methyl sites for hydroxylation is 2. The van der Waals surface area contributed by atoms with Crippen molar-refractivity contribution >= 4 is 28.1 Å². The molecule has 1 saturated heterocycles. The molecule has 2 aromatic rings. The molecule has 17 heavy (non-hydrogen) atoms. The first-order chi connectivity index (χ1) is 8.25. The molecule has 0 radical (unpaired) electrons.